The van der Waals surface area contributed by atoms with E-state index < -0.39 is 5.97 Å². The normalized spacial score (nSPS) is 32.2. The second-order valence-electron chi connectivity index (χ2n) is 8.04. The first kappa shape index (κ1) is 15.5. The molecule has 2 fully saturated rings. The van der Waals surface area contributed by atoms with Gasteiger partial charge < -0.3 is 5.11 Å². The molecule has 2 bridgehead atoms. The molecule has 120 valence electrons. The number of carboxylic acids is 1. The van der Waals surface area contributed by atoms with E-state index in [0.717, 1.165) is 19.3 Å². The molecule has 0 amide bonds. The molecule has 2 aliphatic heterocycles. The van der Waals surface area contributed by atoms with Crippen molar-refractivity contribution in [2.45, 2.75) is 63.5 Å². The Morgan fingerprint density at radius 1 is 1.18 bits per heavy atom. The van der Waals surface area contributed by atoms with Gasteiger partial charge in [0.2, 0.25) is 0 Å². The molecule has 1 aromatic carbocycles. The van der Waals surface area contributed by atoms with Gasteiger partial charge in [-0.2, -0.15) is 0 Å². The van der Waals surface area contributed by atoms with Gasteiger partial charge in [0, 0.05) is 18.0 Å². The van der Waals surface area contributed by atoms with Crippen LogP contribution in [0.1, 0.15) is 57.1 Å². The van der Waals surface area contributed by atoms with Gasteiger partial charge in [-0.3, -0.25) is 9.69 Å². The van der Waals surface area contributed by atoms with Crippen LogP contribution in [0.25, 0.3) is 0 Å². The molecule has 1 unspecified atom stereocenters. The fourth-order valence-electron chi connectivity index (χ4n) is 4.38. The lowest BCUT2D eigenvalue weighted by Gasteiger charge is -2.41. The van der Waals surface area contributed by atoms with Crippen molar-refractivity contribution in [2.24, 2.45) is 5.92 Å². The minimum absolute atomic E-state index is 0.135. The van der Waals surface area contributed by atoms with Gasteiger partial charge in [-0.25, -0.2) is 0 Å². The summed E-state index contributed by atoms with van der Waals surface area (Å²) in [5, 5.41) is 9.76. The zero-order chi connectivity index (χ0) is 16.1. The SMILES string of the molecule is CN1C2CC[C@@H]1[C@H](C(=O)O)[C@@H](c1ccc(C(C)(C)C)cc1)C2. The lowest BCUT2D eigenvalue weighted by molar-refractivity contribution is -0.146. The summed E-state index contributed by atoms with van der Waals surface area (Å²) in [5.41, 5.74) is 2.64. The molecule has 0 spiro atoms. The minimum Gasteiger partial charge on any atom is -0.481 e. The van der Waals surface area contributed by atoms with Crippen LogP contribution in [0.15, 0.2) is 24.3 Å². The van der Waals surface area contributed by atoms with Crippen molar-refractivity contribution in [3.05, 3.63) is 35.4 Å². The van der Waals surface area contributed by atoms with Crippen LogP contribution in [0.3, 0.4) is 0 Å². The second-order valence-corrected chi connectivity index (χ2v) is 8.04. The molecular formula is C19H27NO2. The predicted molar refractivity (Wildman–Crippen MR) is 88.2 cm³/mol. The summed E-state index contributed by atoms with van der Waals surface area (Å²) in [6.07, 6.45) is 3.13. The summed E-state index contributed by atoms with van der Waals surface area (Å²) in [6, 6.07) is 9.41. The van der Waals surface area contributed by atoms with Crippen LogP contribution in [0, 0.1) is 5.92 Å². The minimum atomic E-state index is -0.637. The summed E-state index contributed by atoms with van der Waals surface area (Å²) < 4.78 is 0. The number of hydrogen-bond donors (Lipinski definition) is 1. The molecule has 0 radical (unpaired) electrons. The number of piperidine rings is 1. The van der Waals surface area contributed by atoms with Crippen LogP contribution in [0.5, 0.6) is 0 Å². The Bertz CT molecular complexity index is 558. The van der Waals surface area contributed by atoms with Crippen molar-refractivity contribution in [3.63, 3.8) is 0 Å². The molecule has 3 rings (SSSR count). The molecule has 2 saturated heterocycles. The quantitative estimate of drug-likeness (QED) is 0.906. The van der Waals surface area contributed by atoms with E-state index in [1.54, 1.807) is 0 Å². The Labute approximate surface area is 133 Å². The maximum absolute atomic E-state index is 11.9. The van der Waals surface area contributed by atoms with Gasteiger partial charge in [0.05, 0.1) is 5.92 Å². The van der Waals surface area contributed by atoms with Crippen molar-refractivity contribution in [1.29, 1.82) is 0 Å². The topological polar surface area (TPSA) is 40.5 Å². The zero-order valence-electron chi connectivity index (χ0n) is 14.0. The van der Waals surface area contributed by atoms with Gasteiger partial charge >= 0.3 is 5.97 Å². The van der Waals surface area contributed by atoms with Gasteiger partial charge in [0.15, 0.2) is 0 Å². The smallest absolute Gasteiger partial charge is 0.308 e. The van der Waals surface area contributed by atoms with Crippen molar-refractivity contribution in [2.75, 3.05) is 7.05 Å². The van der Waals surface area contributed by atoms with E-state index in [1.165, 1.54) is 11.1 Å². The molecule has 4 atom stereocenters. The van der Waals surface area contributed by atoms with E-state index in [-0.39, 0.29) is 23.3 Å². The summed E-state index contributed by atoms with van der Waals surface area (Å²) >= 11 is 0. The van der Waals surface area contributed by atoms with Crippen LogP contribution in [0.2, 0.25) is 0 Å². The summed E-state index contributed by atoms with van der Waals surface area (Å²) in [5.74, 6) is -0.758. The number of rotatable bonds is 2. The first-order chi connectivity index (χ1) is 10.3. The lowest BCUT2D eigenvalue weighted by atomic mass is 9.75. The summed E-state index contributed by atoms with van der Waals surface area (Å²) in [4.78, 5) is 14.2. The van der Waals surface area contributed by atoms with Crippen LogP contribution < -0.4 is 0 Å². The van der Waals surface area contributed by atoms with Crippen molar-refractivity contribution < 1.29 is 9.90 Å². The van der Waals surface area contributed by atoms with Gasteiger partial charge in [0.25, 0.3) is 0 Å². The Morgan fingerprint density at radius 3 is 2.36 bits per heavy atom. The van der Waals surface area contributed by atoms with Gasteiger partial charge in [-0.15, -0.1) is 0 Å². The zero-order valence-corrected chi connectivity index (χ0v) is 14.0. The molecule has 2 aliphatic rings. The predicted octanol–water partition coefficient (Wildman–Crippen LogP) is 3.64. The van der Waals surface area contributed by atoms with E-state index in [1.807, 2.05) is 0 Å². The Balaban J connectivity index is 1.91. The fraction of sp³-hybridized carbons (Fsp3) is 0.632. The highest BCUT2D eigenvalue weighted by Gasteiger charge is 2.49. The third-order valence-corrected chi connectivity index (χ3v) is 5.76. The maximum atomic E-state index is 11.9. The number of fused-ring (bicyclic) bond motifs is 2. The first-order valence-electron chi connectivity index (χ1n) is 8.34. The van der Waals surface area contributed by atoms with Gasteiger partial charge in [0.1, 0.15) is 0 Å². The maximum Gasteiger partial charge on any atom is 0.308 e. The monoisotopic (exact) mass is 301 g/mol. The Hall–Kier alpha value is -1.35. The van der Waals surface area contributed by atoms with Crippen molar-refractivity contribution >= 4 is 5.97 Å². The highest BCUT2D eigenvalue weighted by molar-refractivity contribution is 5.73. The van der Waals surface area contributed by atoms with Crippen LogP contribution in [0.4, 0.5) is 0 Å². The van der Waals surface area contributed by atoms with Crippen LogP contribution in [-0.4, -0.2) is 35.1 Å². The van der Waals surface area contributed by atoms with Gasteiger partial charge in [-0.1, -0.05) is 45.0 Å². The highest BCUT2D eigenvalue weighted by Crippen LogP contribution is 2.46. The van der Waals surface area contributed by atoms with E-state index in [2.05, 4.69) is 57.0 Å². The molecule has 22 heavy (non-hydrogen) atoms. The average Bonchev–Trinajstić information content (AvgIpc) is 2.70. The third-order valence-electron chi connectivity index (χ3n) is 5.76. The average molecular weight is 301 g/mol. The van der Waals surface area contributed by atoms with Crippen molar-refractivity contribution in [3.8, 4) is 0 Å². The number of nitrogens with zero attached hydrogens (tertiary/aromatic N) is 1. The van der Waals surface area contributed by atoms with Crippen LogP contribution >= 0.6 is 0 Å². The molecule has 1 aromatic rings. The molecule has 3 heteroatoms. The van der Waals surface area contributed by atoms with E-state index in [9.17, 15) is 9.90 Å². The standard InChI is InChI=1S/C19H27NO2/c1-19(2,3)13-7-5-12(6-8-13)15-11-14-9-10-16(20(14)4)17(15)18(21)22/h5-8,14-17H,9-11H2,1-4H3,(H,21,22)/t14?,15-,16-,17-/m1/s1. The molecule has 0 aromatic heterocycles. The van der Waals surface area contributed by atoms with E-state index in [0.29, 0.717) is 6.04 Å². The molecule has 2 heterocycles. The summed E-state index contributed by atoms with van der Waals surface area (Å²) in [7, 11) is 2.09. The lowest BCUT2D eigenvalue weighted by Crippen LogP contribution is -2.48. The number of carboxylic acid groups (broad SMARTS) is 1. The molecule has 0 saturated carbocycles. The molecule has 3 nitrogen and oxygen atoms in total. The highest BCUT2D eigenvalue weighted by atomic mass is 16.4. The number of benzene rings is 1. The molecular weight excluding hydrogens is 274 g/mol. The Morgan fingerprint density at radius 2 is 1.82 bits per heavy atom. The number of aliphatic carboxylic acids is 1. The van der Waals surface area contributed by atoms with Crippen LogP contribution in [-0.2, 0) is 10.2 Å². The largest absolute Gasteiger partial charge is 0.481 e. The number of hydrogen-bond acceptors (Lipinski definition) is 2. The Kier molecular flexibility index (Phi) is 3.80. The van der Waals surface area contributed by atoms with Gasteiger partial charge in [-0.05, 0) is 42.9 Å². The second kappa shape index (κ2) is 5.38. The molecule has 1 N–H and O–H groups in total. The summed E-state index contributed by atoms with van der Waals surface area (Å²) in [6.45, 7) is 6.62. The van der Waals surface area contributed by atoms with E-state index in [4.69, 9.17) is 0 Å². The first-order valence-corrected chi connectivity index (χ1v) is 8.34. The van der Waals surface area contributed by atoms with E-state index >= 15 is 0 Å². The molecule has 0 aliphatic carbocycles. The third kappa shape index (κ3) is 2.56. The van der Waals surface area contributed by atoms with Crippen molar-refractivity contribution in [1.82, 2.24) is 4.90 Å². The fourth-order valence-corrected chi connectivity index (χ4v) is 4.38. The number of carbonyl (C=O) groups is 1.